The number of rotatable bonds is 6. The minimum absolute atomic E-state index is 0.00445. The quantitative estimate of drug-likeness (QED) is 0.361. The number of aromatic nitrogens is 2. The maximum absolute atomic E-state index is 13.8. The Morgan fingerprint density at radius 1 is 1.06 bits per heavy atom. The number of benzene rings is 3. The molecule has 1 amide bonds. The van der Waals surface area contributed by atoms with Crippen LogP contribution in [0.15, 0.2) is 82.7 Å². The highest BCUT2D eigenvalue weighted by molar-refractivity contribution is 7.99. The molecule has 1 N–H and O–H groups in total. The Kier molecular flexibility index (Phi) is 6.29. The molecular weight excluding hydrogens is 427 g/mol. The van der Waals surface area contributed by atoms with E-state index in [4.69, 9.17) is 5.26 Å². The minimum atomic E-state index is -0.383. The van der Waals surface area contributed by atoms with Gasteiger partial charge in [-0.3, -0.25) is 14.2 Å². The summed E-state index contributed by atoms with van der Waals surface area (Å²) in [6.07, 6.45) is 0. The lowest BCUT2D eigenvalue weighted by atomic mass is 10.2. The smallest absolute Gasteiger partial charge is 0.266 e. The molecule has 32 heavy (non-hydrogen) atoms. The van der Waals surface area contributed by atoms with Gasteiger partial charge in [0.2, 0.25) is 5.91 Å². The molecule has 1 heterocycles. The third-order valence-corrected chi connectivity index (χ3v) is 5.70. The number of nitrogens with zero attached hydrogens (tertiary/aromatic N) is 3. The number of amides is 1. The maximum Gasteiger partial charge on any atom is 0.266 e. The molecule has 1 aromatic heterocycles. The van der Waals surface area contributed by atoms with E-state index in [-0.39, 0.29) is 29.6 Å². The van der Waals surface area contributed by atoms with Gasteiger partial charge in [-0.25, -0.2) is 9.37 Å². The molecule has 6 nitrogen and oxygen atoms in total. The summed E-state index contributed by atoms with van der Waals surface area (Å²) in [4.78, 5) is 30.2. The van der Waals surface area contributed by atoms with Crippen LogP contribution in [0.2, 0.25) is 0 Å². The second-order valence-electron chi connectivity index (χ2n) is 6.87. The Balaban J connectivity index is 1.61. The summed E-state index contributed by atoms with van der Waals surface area (Å²) in [5.41, 5.74) is 1.66. The molecule has 0 saturated heterocycles. The van der Waals surface area contributed by atoms with Gasteiger partial charge in [0.1, 0.15) is 5.82 Å². The molecule has 0 bridgehead atoms. The second-order valence-corrected chi connectivity index (χ2v) is 7.81. The van der Waals surface area contributed by atoms with Gasteiger partial charge in [0.15, 0.2) is 5.16 Å². The van der Waals surface area contributed by atoms with Crippen LogP contribution in [-0.4, -0.2) is 21.2 Å². The first-order chi connectivity index (χ1) is 15.6. The van der Waals surface area contributed by atoms with E-state index < -0.39 is 0 Å². The van der Waals surface area contributed by atoms with Gasteiger partial charge in [-0.1, -0.05) is 42.1 Å². The van der Waals surface area contributed by atoms with Crippen LogP contribution in [0.1, 0.15) is 11.1 Å². The lowest BCUT2D eigenvalue weighted by Crippen LogP contribution is -2.26. The van der Waals surface area contributed by atoms with Gasteiger partial charge in [0, 0.05) is 12.1 Å². The third-order valence-electron chi connectivity index (χ3n) is 4.77. The largest absolute Gasteiger partial charge is 0.351 e. The average Bonchev–Trinajstić information content (AvgIpc) is 2.82. The second kappa shape index (κ2) is 9.45. The summed E-state index contributed by atoms with van der Waals surface area (Å²) in [6, 6.07) is 21.8. The monoisotopic (exact) mass is 444 g/mol. The Morgan fingerprint density at radius 3 is 2.53 bits per heavy atom. The van der Waals surface area contributed by atoms with Crippen molar-refractivity contribution in [2.75, 3.05) is 5.75 Å². The minimum Gasteiger partial charge on any atom is -0.351 e. The van der Waals surface area contributed by atoms with E-state index in [1.165, 1.54) is 10.6 Å². The van der Waals surface area contributed by atoms with Gasteiger partial charge in [0.05, 0.1) is 34.0 Å². The molecule has 3 aromatic carbocycles. The van der Waals surface area contributed by atoms with Crippen LogP contribution in [0, 0.1) is 17.1 Å². The number of carbonyl (C=O) groups is 1. The molecule has 8 heteroatoms. The van der Waals surface area contributed by atoms with Crippen molar-refractivity contribution < 1.29 is 9.18 Å². The number of hydrogen-bond donors (Lipinski definition) is 1. The number of hydrogen-bond acceptors (Lipinski definition) is 5. The van der Waals surface area contributed by atoms with E-state index in [1.807, 2.05) is 6.07 Å². The van der Waals surface area contributed by atoms with Crippen molar-refractivity contribution in [3.8, 4) is 11.8 Å². The number of para-hydroxylation sites is 1. The standard InChI is InChI=1S/C24H17FN4O2S/c25-20-7-3-1-5-17(20)14-27-22(30)15-32-24-28-21-8-4-2-6-19(21)23(31)29(24)18-11-9-16(13-26)10-12-18/h1-12H,14-15H2,(H,27,30). The van der Waals surface area contributed by atoms with Crippen molar-refractivity contribution in [3.63, 3.8) is 0 Å². The zero-order valence-electron chi connectivity index (χ0n) is 16.8. The van der Waals surface area contributed by atoms with Crippen LogP contribution in [0.5, 0.6) is 0 Å². The molecule has 0 aliphatic heterocycles. The summed E-state index contributed by atoms with van der Waals surface area (Å²) in [5.74, 6) is -0.700. The van der Waals surface area contributed by atoms with Crippen molar-refractivity contribution in [2.24, 2.45) is 0 Å². The van der Waals surface area contributed by atoms with E-state index in [0.29, 0.717) is 32.9 Å². The molecule has 0 radical (unpaired) electrons. The van der Waals surface area contributed by atoms with Crippen LogP contribution in [0.25, 0.3) is 16.6 Å². The fraction of sp³-hybridized carbons (Fsp3) is 0.0833. The number of fused-ring (bicyclic) bond motifs is 1. The summed E-state index contributed by atoms with van der Waals surface area (Å²) in [5, 5.41) is 12.5. The van der Waals surface area contributed by atoms with E-state index >= 15 is 0 Å². The lowest BCUT2D eigenvalue weighted by Gasteiger charge is -2.13. The van der Waals surface area contributed by atoms with E-state index in [0.717, 1.165) is 11.8 Å². The predicted molar refractivity (Wildman–Crippen MR) is 121 cm³/mol. The maximum atomic E-state index is 13.8. The highest BCUT2D eigenvalue weighted by Gasteiger charge is 2.15. The SMILES string of the molecule is N#Cc1ccc(-n2c(SCC(=O)NCc3ccccc3F)nc3ccccc3c2=O)cc1. The molecule has 0 aliphatic carbocycles. The molecule has 4 rings (SSSR count). The van der Waals surface area contributed by atoms with Gasteiger partial charge in [-0.05, 0) is 42.5 Å². The van der Waals surface area contributed by atoms with Crippen molar-refractivity contribution in [3.05, 3.63) is 100 Å². The fourth-order valence-corrected chi connectivity index (χ4v) is 3.98. The van der Waals surface area contributed by atoms with Crippen molar-refractivity contribution in [1.82, 2.24) is 14.9 Å². The van der Waals surface area contributed by atoms with Gasteiger partial charge in [0.25, 0.3) is 5.56 Å². The third kappa shape index (κ3) is 4.53. The Hall–Kier alpha value is -3.96. The summed E-state index contributed by atoms with van der Waals surface area (Å²) < 4.78 is 15.2. The number of nitriles is 1. The molecular formula is C24H17FN4O2S. The van der Waals surface area contributed by atoms with E-state index in [1.54, 1.807) is 66.7 Å². The van der Waals surface area contributed by atoms with Crippen LogP contribution in [0.3, 0.4) is 0 Å². The van der Waals surface area contributed by atoms with Crippen LogP contribution in [-0.2, 0) is 11.3 Å². The molecule has 4 aromatic rings. The van der Waals surface area contributed by atoms with Crippen LogP contribution < -0.4 is 10.9 Å². The lowest BCUT2D eigenvalue weighted by molar-refractivity contribution is -0.118. The van der Waals surface area contributed by atoms with Crippen molar-refractivity contribution in [1.29, 1.82) is 5.26 Å². The average molecular weight is 444 g/mol. The first kappa shape index (κ1) is 21.3. The Labute approximate surface area is 187 Å². The van der Waals surface area contributed by atoms with E-state index in [2.05, 4.69) is 10.3 Å². The highest BCUT2D eigenvalue weighted by atomic mass is 32.2. The summed E-state index contributed by atoms with van der Waals surface area (Å²) in [6.45, 7) is 0.0691. The predicted octanol–water partition coefficient (Wildman–Crippen LogP) is 3.80. The topological polar surface area (TPSA) is 87.8 Å². The molecule has 158 valence electrons. The van der Waals surface area contributed by atoms with Gasteiger partial charge in [-0.2, -0.15) is 5.26 Å². The number of nitrogens with one attached hydrogen (secondary N) is 1. The Bertz CT molecular complexity index is 1390. The molecule has 0 saturated carbocycles. The zero-order chi connectivity index (χ0) is 22.5. The summed E-state index contributed by atoms with van der Waals surface area (Å²) in [7, 11) is 0. The van der Waals surface area contributed by atoms with Crippen LogP contribution in [0.4, 0.5) is 4.39 Å². The van der Waals surface area contributed by atoms with Crippen LogP contribution >= 0.6 is 11.8 Å². The number of thioether (sulfide) groups is 1. The zero-order valence-corrected chi connectivity index (χ0v) is 17.6. The first-order valence-electron chi connectivity index (χ1n) is 9.72. The fourth-order valence-electron chi connectivity index (χ4n) is 3.14. The van der Waals surface area contributed by atoms with Gasteiger partial charge < -0.3 is 5.32 Å². The normalized spacial score (nSPS) is 10.6. The van der Waals surface area contributed by atoms with Crippen molar-refractivity contribution >= 4 is 28.6 Å². The van der Waals surface area contributed by atoms with E-state index in [9.17, 15) is 14.0 Å². The number of halogens is 1. The molecule has 0 aliphatic rings. The molecule has 0 spiro atoms. The highest BCUT2D eigenvalue weighted by Crippen LogP contribution is 2.21. The summed E-state index contributed by atoms with van der Waals surface area (Å²) >= 11 is 1.11. The Morgan fingerprint density at radius 2 is 1.78 bits per heavy atom. The molecule has 0 fully saturated rings. The van der Waals surface area contributed by atoms with Gasteiger partial charge in [-0.15, -0.1) is 0 Å². The molecule has 0 atom stereocenters. The van der Waals surface area contributed by atoms with Gasteiger partial charge >= 0.3 is 0 Å². The van der Waals surface area contributed by atoms with Crippen molar-refractivity contribution in [2.45, 2.75) is 11.7 Å². The number of carbonyl (C=O) groups excluding carboxylic acids is 1. The molecule has 0 unspecified atom stereocenters. The first-order valence-corrected chi connectivity index (χ1v) is 10.7.